The van der Waals surface area contributed by atoms with Gasteiger partial charge in [0.2, 0.25) is 0 Å². The molecule has 0 radical (unpaired) electrons. The molecule has 1 N–H and O–H groups in total. The highest BCUT2D eigenvalue weighted by molar-refractivity contribution is 5.97. The molecule has 0 aliphatic rings. The maximum atomic E-state index is 12.8. The Kier molecular flexibility index (Phi) is 6.19. The molecule has 0 aliphatic carbocycles. The van der Waals surface area contributed by atoms with Crippen molar-refractivity contribution in [3.8, 4) is 22.7 Å². The number of amides is 1. The zero-order valence-corrected chi connectivity index (χ0v) is 17.0. The molecule has 0 saturated carbocycles. The van der Waals surface area contributed by atoms with Gasteiger partial charge in [-0.15, -0.1) is 0 Å². The van der Waals surface area contributed by atoms with E-state index >= 15 is 0 Å². The van der Waals surface area contributed by atoms with Gasteiger partial charge in [0, 0.05) is 24.0 Å². The number of methoxy groups -OCH3 is 1. The first-order chi connectivity index (χ1) is 13.5. The zero-order chi connectivity index (χ0) is 20.1. The predicted molar refractivity (Wildman–Crippen MR) is 114 cm³/mol. The Morgan fingerprint density at radius 2 is 1.82 bits per heavy atom. The Labute approximate surface area is 167 Å². The van der Waals surface area contributed by atoms with E-state index in [1.54, 1.807) is 7.11 Å². The van der Waals surface area contributed by atoms with Crippen molar-refractivity contribution in [3.05, 3.63) is 71.9 Å². The molecule has 1 heterocycles. The number of hydrogen-bond donors (Lipinski definition) is 1. The van der Waals surface area contributed by atoms with Crippen molar-refractivity contribution in [2.24, 2.45) is 5.92 Å². The highest BCUT2D eigenvalue weighted by Crippen LogP contribution is 2.30. The van der Waals surface area contributed by atoms with E-state index in [1.165, 1.54) is 0 Å². The van der Waals surface area contributed by atoms with Gasteiger partial charge in [-0.3, -0.25) is 4.79 Å². The van der Waals surface area contributed by atoms with Gasteiger partial charge in [-0.05, 0) is 43.0 Å². The maximum Gasteiger partial charge on any atom is 0.253 e. The second-order valence-corrected chi connectivity index (χ2v) is 7.37. The Bertz CT molecular complexity index is 942. The molecule has 2 aromatic carbocycles. The average molecular weight is 377 g/mol. The van der Waals surface area contributed by atoms with E-state index in [0.717, 1.165) is 34.8 Å². The van der Waals surface area contributed by atoms with Crippen LogP contribution in [-0.2, 0) is 0 Å². The molecule has 0 fully saturated rings. The normalized spacial score (nSPS) is 10.9. The molecular formula is C24H28N2O2. The number of ether oxygens (including phenoxy) is 1. The fourth-order valence-electron chi connectivity index (χ4n) is 3.31. The number of carbonyl (C=O) groups is 1. The van der Waals surface area contributed by atoms with Gasteiger partial charge in [-0.25, -0.2) is 0 Å². The molecule has 0 atom stereocenters. The van der Waals surface area contributed by atoms with E-state index in [2.05, 4.69) is 35.9 Å². The van der Waals surface area contributed by atoms with Gasteiger partial charge in [0.15, 0.2) is 0 Å². The van der Waals surface area contributed by atoms with E-state index < -0.39 is 0 Å². The summed E-state index contributed by atoms with van der Waals surface area (Å²) in [5.41, 5.74) is 4.63. The summed E-state index contributed by atoms with van der Waals surface area (Å²) in [5.74, 6) is 1.31. The van der Waals surface area contributed by atoms with Crippen LogP contribution in [-0.4, -0.2) is 24.1 Å². The molecule has 0 aliphatic heterocycles. The molecule has 3 aromatic rings. The lowest BCUT2D eigenvalue weighted by atomic mass is 10.1. The van der Waals surface area contributed by atoms with Crippen LogP contribution >= 0.6 is 0 Å². The maximum absolute atomic E-state index is 12.8. The van der Waals surface area contributed by atoms with E-state index in [1.807, 2.05) is 55.5 Å². The molecule has 28 heavy (non-hydrogen) atoms. The minimum Gasteiger partial charge on any atom is -0.497 e. The van der Waals surface area contributed by atoms with Crippen LogP contribution in [0.25, 0.3) is 16.9 Å². The molecule has 0 bridgehead atoms. The highest BCUT2D eigenvalue weighted by Gasteiger charge is 2.19. The third-order valence-corrected chi connectivity index (χ3v) is 4.88. The summed E-state index contributed by atoms with van der Waals surface area (Å²) in [6.45, 7) is 6.98. The first-order valence-electron chi connectivity index (χ1n) is 9.71. The second-order valence-electron chi connectivity index (χ2n) is 7.37. The lowest BCUT2D eigenvalue weighted by Gasteiger charge is -2.13. The van der Waals surface area contributed by atoms with Gasteiger partial charge >= 0.3 is 0 Å². The number of carbonyl (C=O) groups excluding carboxylic acids is 1. The van der Waals surface area contributed by atoms with Gasteiger partial charge in [-0.2, -0.15) is 0 Å². The van der Waals surface area contributed by atoms with Crippen molar-refractivity contribution in [1.29, 1.82) is 0 Å². The molecule has 0 spiro atoms. The molecule has 146 valence electrons. The average Bonchev–Trinajstić information content (AvgIpc) is 3.05. The van der Waals surface area contributed by atoms with Crippen molar-refractivity contribution < 1.29 is 9.53 Å². The van der Waals surface area contributed by atoms with Gasteiger partial charge in [0.25, 0.3) is 5.91 Å². The minimum absolute atomic E-state index is 0.0306. The molecule has 1 aromatic heterocycles. The third-order valence-electron chi connectivity index (χ3n) is 4.88. The number of benzene rings is 2. The molecule has 0 unspecified atom stereocenters. The molecule has 4 heteroatoms. The summed E-state index contributed by atoms with van der Waals surface area (Å²) in [6.07, 6.45) is 0.965. The standard InChI is InChI=1S/C24H28N2O2/c1-17(2)13-14-25-24(27)22-16-23(19-9-6-5-7-10-19)26(18(22)3)20-11-8-12-21(15-20)28-4/h5-12,15-17H,13-14H2,1-4H3,(H,25,27). The smallest absolute Gasteiger partial charge is 0.253 e. The number of aromatic nitrogens is 1. The van der Waals surface area contributed by atoms with Crippen LogP contribution in [0.1, 0.15) is 36.3 Å². The van der Waals surface area contributed by atoms with Crippen molar-refractivity contribution >= 4 is 5.91 Å². The number of hydrogen-bond acceptors (Lipinski definition) is 2. The van der Waals surface area contributed by atoms with Crippen LogP contribution in [0.4, 0.5) is 0 Å². The van der Waals surface area contributed by atoms with Crippen molar-refractivity contribution in [3.63, 3.8) is 0 Å². The molecule has 0 saturated heterocycles. The van der Waals surface area contributed by atoms with Gasteiger partial charge in [0.1, 0.15) is 5.75 Å². The van der Waals surface area contributed by atoms with Crippen LogP contribution in [0.2, 0.25) is 0 Å². The van der Waals surface area contributed by atoms with Crippen LogP contribution in [0.5, 0.6) is 5.75 Å². The van der Waals surface area contributed by atoms with Crippen LogP contribution < -0.4 is 10.1 Å². The first kappa shape index (κ1) is 19.7. The Morgan fingerprint density at radius 3 is 2.50 bits per heavy atom. The highest BCUT2D eigenvalue weighted by atomic mass is 16.5. The second kappa shape index (κ2) is 8.79. The van der Waals surface area contributed by atoms with Crippen LogP contribution in [0.3, 0.4) is 0 Å². The summed E-state index contributed by atoms with van der Waals surface area (Å²) < 4.78 is 7.52. The lowest BCUT2D eigenvalue weighted by molar-refractivity contribution is 0.0951. The summed E-state index contributed by atoms with van der Waals surface area (Å²) in [7, 11) is 1.66. The Balaban J connectivity index is 2.06. The van der Waals surface area contributed by atoms with Crippen molar-refractivity contribution in [1.82, 2.24) is 9.88 Å². The van der Waals surface area contributed by atoms with E-state index in [-0.39, 0.29) is 5.91 Å². The van der Waals surface area contributed by atoms with E-state index in [9.17, 15) is 4.79 Å². The monoisotopic (exact) mass is 376 g/mol. The fraction of sp³-hybridized carbons (Fsp3) is 0.292. The number of rotatable bonds is 7. The molecular weight excluding hydrogens is 348 g/mol. The SMILES string of the molecule is COc1cccc(-n2c(-c3ccccc3)cc(C(=O)NCCC(C)C)c2C)c1. The van der Waals surface area contributed by atoms with E-state index in [0.29, 0.717) is 18.0 Å². The van der Waals surface area contributed by atoms with Crippen molar-refractivity contribution in [2.45, 2.75) is 27.2 Å². The van der Waals surface area contributed by atoms with Crippen molar-refractivity contribution in [2.75, 3.05) is 13.7 Å². The molecule has 1 amide bonds. The summed E-state index contributed by atoms with van der Waals surface area (Å²) in [4.78, 5) is 12.8. The summed E-state index contributed by atoms with van der Waals surface area (Å²) in [6, 6.07) is 20.0. The fourth-order valence-corrected chi connectivity index (χ4v) is 3.31. The number of nitrogens with zero attached hydrogens (tertiary/aromatic N) is 1. The first-order valence-corrected chi connectivity index (χ1v) is 9.71. The number of nitrogens with one attached hydrogen (secondary N) is 1. The largest absolute Gasteiger partial charge is 0.497 e. The lowest BCUT2D eigenvalue weighted by Crippen LogP contribution is -2.25. The third kappa shape index (κ3) is 4.28. The minimum atomic E-state index is -0.0306. The summed E-state index contributed by atoms with van der Waals surface area (Å²) in [5, 5.41) is 3.06. The Hall–Kier alpha value is -3.01. The van der Waals surface area contributed by atoms with Crippen LogP contribution in [0.15, 0.2) is 60.7 Å². The van der Waals surface area contributed by atoms with Crippen LogP contribution in [0, 0.1) is 12.8 Å². The summed E-state index contributed by atoms with van der Waals surface area (Å²) >= 11 is 0. The quantitative estimate of drug-likeness (QED) is 0.613. The van der Waals surface area contributed by atoms with E-state index in [4.69, 9.17) is 4.74 Å². The van der Waals surface area contributed by atoms with Gasteiger partial charge in [-0.1, -0.05) is 50.2 Å². The Morgan fingerprint density at radius 1 is 1.07 bits per heavy atom. The topological polar surface area (TPSA) is 43.3 Å². The van der Waals surface area contributed by atoms with Gasteiger partial charge in [0.05, 0.1) is 18.4 Å². The molecule has 3 rings (SSSR count). The zero-order valence-electron chi connectivity index (χ0n) is 17.0. The van der Waals surface area contributed by atoms with Gasteiger partial charge < -0.3 is 14.6 Å². The predicted octanol–water partition coefficient (Wildman–Crippen LogP) is 5.24. The molecule has 4 nitrogen and oxygen atoms in total.